The summed E-state index contributed by atoms with van der Waals surface area (Å²) in [6.45, 7) is 4.21. The molecule has 0 aromatic heterocycles. The minimum absolute atomic E-state index is 0.130. The Hall–Kier alpha value is -0.790. The van der Waals surface area contributed by atoms with Gasteiger partial charge in [0, 0.05) is 5.57 Å². The molecule has 2 heteroatoms. The van der Waals surface area contributed by atoms with Crippen LogP contribution in [0.2, 0.25) is 0 Å². The molecule has 0 fully saturated rings. The van der Waals surface area contributed by atoms with E-state index < -0.39 is 0 Å². The highest BCUT2D eigenvalue weighted by molar-refractivity contribution is 5.98. The number of hydrogen-bond donors (Lipinski definition) is 0. The van der Waals surface area contributed by atoms with Gasteiger partial charge >= 0.3 is 0 Å². The van der Waals surface area contributed by atoms with Crippen molar-refractivity contribution in [1.82, 2.24) is 0 Å². The van der Waals surface area contributed by atoms with Crippen LogP contribution in [0.4, 0.5) is 0 Å². The van der Waals surface area contributed by atoms with Crippen LogP contribution in [0.15, 0.2) is 11.8 Å². The number of hydrogen-bond acceptors (Lipinski definition) is 2. The average molecular weight is 126 g/mol. The monoisotopic (exact) mass is 126 g/mol. The first-order valence-corrected chi connectivity index (χ1v) is 3.06. The van der Waals surface area contributed by atoms with E-state index in [9.17, 15) is 4.79 Å². The van der Waals surface area contributed by atoms with Crippen LogP contribution in [0.3, 0.4) is 0 Å². The van der Waals surface area contributed by atoms with Crippen LogP contribution < -0.4 is 0 Å². The van der Waals surface area contributed by atoms with E-state index in [1.54, 1.807) is 6.26 Å². The van der Waals surface area contributed by atoms with E-state index in [1.807, 2.05) is 13.8 Å². The molecule has 0 atom stereocenters. The molecular formula is C7H10O2. The highest BCUT2D eigenvalue weighted by Crippen LogP contribution is 2.15. The van der Waals surface area contributed by atoms with Crippen LogP contribution >= 0.6 is 0 Å². The van der Waals surface area contributed by atoms with Crippen LogP contribution in [0.25, 0.3) is 0 Å². The van der Waals surface area contributed by atoms with E-state index in [0.717, 1.165) is 5.57 Å². The van der Waals surface area contributed by atoms with Gasteiger partial charge in [0.2, 0.25) is 0 Å². The number of ketones is 1. The van der Waals surface area contributed by atoms with Crippen molar-refractivity contribution in [3.05, 3.63) is 11.8 Å². The van der Waals surface area contributed by atoms with Crippen molar-refractivity contribution >= 4 is 5.78 Å². The van der Waals surface area contributed by atoms with E-state index >= 15 is 0 Å². The summed E-state index contributed by atoms with van der Waals surface area (Å²) in [5.74, 6) is 0.435. The molecule has 0 amide bonds. The van der Waals surface area contributed by atoms with Crippen LogP contribution in [-0.4, -0.2) is 12.4 Å². The van der Waals surface area contributed by atoms with Gasteiger partial charge in [0.1, 0.15) is 6.61 Å². The Morgan fingerprint density at radius 3 is 2.56 bits per heavy atom. The summed E-state index contributed by atoms with van der Waals surface area (Å²) in [5, 5.41) is 0. The fourth-order valence-electron chi connectivity index (χ4n) is 0.814. The molecular weight excluding hydrogens is 116 g/mol. The Kier molecular flexibility index (Phi) is 1.56. The Morgan fingerprint density at radius 1 is 1.67 bits per heavy atom. The predicted molar refractivity (Wildman–Crippen MR) is 33.9 cm³/mol. The maximum absolute atomic E-state index is 10.8. The zero-order chi connectivity index (χ0) is 6.85. The standard InChI is InChI=1S/C7H10O2/c1-5(2)6-3-9-4-7(6)8/h3,5H,4H2,1-2H3. The van der Waals surface area contributed by atoms with Gasteiger partial charge in [0.25, 0.3) is 0 Å². The van der Waals surface area contributed by atoms with Crippen molar-refractivity contribution in [2.24, 2.45) is 5.92 Å². The molecule has 1 rings (SSSR count). The van der Waals surface area contributed by atoms with Gasteiger partial charge in [0.05, 0.1) is 6.26 Å². The average Bonchev–Trinajstić information content (AvgIpc) is 2.13. The third-order valence-corrected chi connectivity index (χ3v) is 1.37. The first kappa shape index (κ1) is 6.33. The lowest BCUT2D eigenvalue weighted by Gasteiger charge is -1.98. The number of ether oxygens (including phenoxy) is 1. The summed E-state index contributed by atoms with van der Waals surface area (Å²) >= 11 is 0. The third kappa shape index (κ3) is 1.12. The van der Waals surface area contributed by atoms with Crippen molar-refractivity contribution in [2.45, 2.75) is 13.8 Å². The normalized spacial score (nSPS) is 18.1. The zero-order valence-corrected chi connectivity index (χ0v) is 5.68. The Labute approximate surface area is 54.5 Å². The molecule has 0 unspecified atom stereocenters. The second-order valence-corrected chi connectivity index (χ2v) is 2.46. The lowest BCUT2D eigenvalue weighted by atomic mass is 10.0. The van der Waals surface area contributed by atoms with Gasteiger partial charge < -0.3 is 4.74 Å². The lowest BCUT2D eigenvalue weighted by Crippen LogP contribution is -2.05. The summed E-state index contributed by atoms with van der Waals surface area (Å²) in [7, 11) is 0. The van der Waals surface area contributed by atoms with Gasteiger partial charge in [0.15, 0.2) is 5.78 Å². The Bertz CT molecular complexity index is 156. The van der Waals surface area contributed by atoms with Crippen LogP contribution in [-0.2, 0) is 9.53 Å². The molecule has 2 nitrogen and oxygen atoms in total. The molecule has 9 heavy (non-hydrogen) atoms. The van der Waals surface area contributed by atoms with E-state index in [1.165, 1.54) is 0 Å². The van der Waals surface area contributed by atoms with Crippen molar-refractivity contribution in [1.29, 1.82) is 0 Å². The van der Waals surface area contributed by atoms with E-state index in [0.29, 0.717) is 5.92 Å². The maximum Gasteiger partial charge on any atom is 0.199 e. The van der Waals surface area contributed by atoms with E-state index in [4.69, 9.17) is 4.74 Å². The van der Waals surface area contributed by atoms with Crippen LogP contribution in [0.5, 0.6) is 0 Å². The Morgan fingerprint density at radius 2 is 2.33 bits per heavy atom. The smallest absolute Gasteiger partial charge is 0.199 e. The van der Waals surface area contributed by atoms with E-state index in [2.05, 4.69) is 0 Å². The lowest BCUT2D eigenvalue weighted by molar-refractivity contribution is -0.116. The number of carbonyl (C=O) groups excluding carboxylic acids is 1. The molecule has 0 saturated heterocycles. The highest BCUT2D eigenvalue weighted by Gasteiger charge is 2.18. The molecule has 0 bridgehead atoms. The van der Waals surface area contributed by atoms with Crippen molar-refractivity contribution in [2.75, 3.05) is 6.61 Å². The third-order valence-electron chi connectivity index (χ3n) is 1.37. The number of rotatable bonds is 1. The first-order chi connectivity index (χ1) is 4.22. The molecule has 0 saturated carbocycles. The van der Waals surface area contributed by atoms with Crippen molar-refractivity contribution in [3.63, 3.8) is 0 Å². The molecule has 0 spiro atoms. The van der Waals surface area contributed by atoms with Gasteiger partial charge in [-0.25, -0.2) is 0 Å². The highest BCUT2D eigenvalue weighted by atomic mass is 16.5. The minimum Gasteiger partial charge on any atom is -0.493 e. The number of Topliss-reactive ketones (excluding diaryl/α,β-unsaturated/α-hetero) is 1. The largest absolute Gasteiger partial charge is 0.493 e. The first-order valence-electron chi connectivity index (χ1n) is 3.06. The molecule has 1 aliphatic heterocycles. The van der Waals surface area contributed by atoms with Gasteiger partial charge in [-0.05, 0) is 5.92 Å². The molecule has 0 aromatic rings. The number of carbonyl (C=O) groups is 1. The molecule has 1 heterocycles. The molecule has 50 valence electrons. The van der Waals surface area contributed by atoms with Crippen LogP contribution in [0, 0.1) is 5.92 Å². The zero-order valence-electron chi connectivity index (χ0n) is 5.68. The SMILES string of the molecule is CC(C)C1=COCC1=O. The van der Waals surface area contributed by atoms with Gasteiger partial charge in [-0.2, -0.15) is 0 Å². The second-order valence-electron chi connectivity index (χ2n) is 2.46. The fourth-order valence-corrected chi connectivity index (χ4v) is 0.814. The summed E-state index contributed by atoms with van der Waals surface area (Å²) in [6.07, 6.45) is 1.56. The Balaban J connectivity index is 2.68. The minimum atomic E-state index is 0.130. The molecule has 0 aliphatic carbocycles. The van der Waals surface area contributed by atoms with Crippen molar-refractivity contribution < 1.29 is 9.53 Å². The van der Waals surface area contributed by atoms with Gasteiger partial charge in [-0.3, -0.25) is 4.79 Å². The summed E-state index contributed by atoms with van der Waals surface area (Å²) < 4.78 is 4.82. The maximum atomic E-state index is 10.8. The summed E-state index contributed by atoms with van der Waals surface area (Å²) in [4.78, 5) is 10.8. The van der Waals surface area contributed by atoms with E-state index in [-0.39, 0.29) is 12.4 Å². The molecule has 0 aromatic carbocycles. The summed E-state index contributed by atoms with van der Waals surface area (Å²) in [6, 6.07) is 0. The molecule has 0 N–H and O–H groups in total. The molecule has 1 aliphatic rings. The summed E-state index contributed by atoms with van der Waals surface area (Å²) in [5.41, 5.74) is 0.815. The fraction of sp³-hybridized carbons (Fsp3) is 0.571. The molecule has 0 radical (unpaired) electrons. The predicted octanol–water partition coefficient (Wildman–Crippen LogP) is 1.13. The van der Waals surface area contributed by atoms with Crippen molar-refractivity contribution in [3.8, 4) is 0 Å². The van der Waals surface area contributed by atoms with Gasteiger partial charge in [-0.1, -0.05) is 13.8 Å². The quantitative estimate of drug-likeness (QED) is 0.526. The van der Waals surface area contributed by atoms with Crippen LogP contribution in [0.1, 0.15) is 13.8 Å². The topological polar surface area (TPSA) is 26.3 Å². The second kappa shape index (κ2) is 2.21. The van der Waals surface area contributed by atoms with Gasteiger partial charge in [-0.15, -0.1) is 0 Å².